The number of hydrogen-bond acceptors (Lipinski definition) is 0. The van der Waals surface area contributed by atoms with Crippen LogP contribution in [0.4, 0.5) is 0 Å². The van der Waals surface area contributed by atoms with Crippen molar-refractivity contribution >= 4 is 15.2 Å². The molecule has 0 nitrogen and oxygen atoms in total. The van der Waals surface area contributed by atoms with Crippen molar-refractivity contribution in [1.29, 1.82) is 0 Å². The summed E-state index contributed by atoms with van der Waals surface area (Å²) in [6.07, 6.45) is 0. The van der Waals surface area contributed by atoms with Gasteiger partial charge < -0.3 is 1.43 Å². The maximum Gasteiger partial charge on any atom is -1.00 e. The van der Waals surface area contributed by atoms with Gasteiger partial charge in [-0.1, -0.05) is 0 Å². The summed E-state index contributed by atoms with van der Waals surface area (Å²) in [7, 11) is 0. The molecular weight excluding hydrogens is 99.0 g/mol. The van der Waals surface area contributed by atoms with E-state index in [1.807, 2.05) is 0 Å². The van der Waals surface area contributed by atoms with Crippen molar-refractivity contribution < 1.29 is 1.43 Å². The van der Waals surface area contributed by atoms with Crippen molar-refractivity contribution in [3.63, 3.8) is 0 Å². The summed E-state index contributed by atoms with van der Waals surface area (Å²) in [5.41, 5.74) is 0. The smallest absolute Gasteiger partial charge is 1.00 e. The average molecular weight is 114 g/mol. The molecule has 0 saturated heterocycles. The van der Waals surface area contributed by atoms with Gasteiger partial charge in [0.2, 0.25) is 0 Å². The third-order valence-electron chi connectivity index (χ3n) is 0.770. The van der Waals surface area contributed by atoms with E-state index in [1.54, 1.807) is 0 Å². The first-order valence-corrected chi connectivity index (χ1v) is 4.31. The summed E-state index contributed by atoms with van der Waals surface area (Å²) in [6, 6.07) is 0. The van der Waals surface area contributed by atoms with Crippen LogP contribution >= 0.6 is 0 Å². The van der Waals surface area contributed by atoms with Gasteiger partial charge in [-0.15, -0.1) is 0 Å². The quantitative estimate of drug-likeness (QED) is 0.484. The summed E-state index contributed by atoms with van der Waals surface area (Å²) in [5.74, 6) is 0. The van der Waals surface area contributed by atoms with E-state index in [-0.39, 0.29) is 1.43 Å². The SMILES string of the molecule is C[CH](C)[Al+][CH](C)C.[H-]. The molecule has 0 aromatic heterocycles. The minimum Gasteiger partial charge on any atom is -1.00 e. The van der Waals surface area contributed by atoms with Crippen LogP contribution in [0.25, 0.3) is 0 Å². The van der Waals surface area contributed by atoms with Crippen LogP contribution in [-0.2, 0) is 0 Å². The first kappa shape index (κ1) is 7.53. The topological polar surface area (TPSA) is 0 Å². The van der Waals surface area contributed by atoms with Gasteiger partial charge >= 0.3 is 52.5 Å². The van der Waals surface area contributed by atoms with Gasteiger partial charge in [-0.3, -0.25) is 0 Å². The predicted octanol–water partition coefficient (Wildman–Crippen LogP) is 2.46. The Hall–Kier alpha value is 0.532. The van der Waals surface area contributed by atoms with Crippen molar-refractivity contribution in [2.45, 2.75) is 37.3 Å². The molecule has 0 aliphatic rings. The van der Waals surface area contributed by atoms with Gasteiger partial charge in [0, 0.05) is 0 Å². The largest absolute Gasteiger partial charge is 1.00 e. The van der Waals surface area contributed by atoms with E-state index < -0.39 is 0 Å². The molecule has 0 unspecified atom stereocenters. The van der Waals surface area contributed by atoms with Gasteiger partial charge in [-0.05, 0) is 0 Å². The van der Waals surface area contributed by atoms with Gasteiger partial charge in [0.1, 0.15) is 0 Å². The maximum atomic E-state index is 2.30. The van der Waals surface area contributed by atoms with Gasteiger partial charge in [0.05, 0.1) is 0 Å². The molecule has 0 heterocycles. The molecule has 1 heteroatoms. The second-order valence-corrected chi connectivity index (χ2v) is 5.73. The van der Waals surface area contributed by atoms with Crippen LogP contribution < -0.4 is 0 Å². The summed E-state index contributed by atoms with van der Waals surface area (Å²) < 4.78 is 1.92. The van der Waals surface area contributed by atoms with Crippen molar-refractivity contribution in [1.82, 2.24) is 0 Å². The summed E-state index contributed by atoms with van der Waals surface area (Å²) in [6.45, 7) is 9.20. The first-order valence-electron chi connectivity index (χ1n) is 2.98. The molecule has 0 bridgehead atoms. The zero-order valence-electron chi connectivity index (χ0n) is 6.73. The van der Waals surface area contributed by atoms with Crippen LogP contribution in [0.2, 0.25) is 9.56 Å². The molecular formula is C6H15Al. The molecule has 0 atom stereocenters. The second kappa shape index (κ2) is 3.52. The van der Waals surface area contributed by atoms with Gasteiger partial charge in [-0.25, -0.2) is 0 Å². The molecule has 0 radical (unpaired) electrons. The maximum absolute atomic E-state index is 2.30. The average Bonchev–Trinajstić information content (AvgIpc) is 1.27. The van der Waals surface area contributed by atoms with Crippen LogP contribution in [0.3, 0.4) is 0 Å². The summed E-state index contributed by atoms with van der Waals surface area (Å²) >= 11 is 0.713. The molecule has 0 N–H and O–H groups in total. The van der Waals surface area contributed by atoms with Gasteiger partial charge in [0.25, 0.3) is 0 Å². The van der Waals surface area contributed by atoms with Crippen LogP contribution in [0.5, 0.6) is 0 Å². The Morgan fingerprint density at radius 2 is 1.29 bits per heavy atom. The zero-order chi connectivity index (χ0) is 5.86. The minimum atomic E-state index is 0. The van der Waals surface area contributed by atoms with Crippen molar-refractivity contribution in [2.24, 2.45) is 0 Å². The number of hydrogen-bond donors (Lipinski definition) is 0. The van der Waals surface area contributed by atoms with Gasteiger partial charge in [0.15, 0.2) is 0 Å². The van der Waals surface area contributed by atoms with E-state index in [1.165, 1.54) is 0 Å². The Bertz CT molecular complexity index is 37.8. The normalized spacial score (nSPS) is 10.0. The van der Waals surface area contributed by atoms with Crippen molar-refractivity contribution in [3.05, 3.63) is 0 Å². The third-order valence-corrected chi connectivity index (χ3v) is 2.31. The molecule has 0 aliphatic heterocycles. The van der Waals surface area contributed by atoms with E-state index in [0.29, 0.717) is 15.2 Å². The van der Waals surface area contributed by atoms with E-state index in [9.17, 15) is 0 Å². The molecule has 0 amide bonds. The standard InChI is InChI=1S/2C3H7.Al.H/c2*1-3-2;;/h2*3H,1-2H3;;/q;;+1;-1. The third kappa shape index (κ3) is 6.53. The first-order chi connectivity index (χ1) is 3.13. The van der Waals surface area contributed by atoms with Gasteiger partial charge in [-0.2, -0.15) is 0 Å². The van der Waals surface area contributed by atoms with E-state index >= 15 is 0 Å². The fourth-order valence-corrected chi connectivity index (χ4v) is 2.31. The van der Waals surface area contributed by atoms with Crippen LogP contribution in [0.15, 0.2) is 0 Å². The Labute approximate surface area is 54.5 Å². The molecule has 7 heavy (non-hydrogen) atoms. The number of rotatable bonds is 2. The Morgan fingerprint density at radius 3 is 1.29 bits per heavy atom. The van der Waals surface area contributed by atoms with Crippen LogP contribution in [-0.4, -0.2) is 15.2 Å². The zero-order valence-corrected chi connectivity index (χ0v) is 6.89. The minimum absolute atomic E-state index is 0. The molecule has 0 fully saturated rings. The fourth-order valence-electron chi connectivity index (χ4n) is 0.770. The van der Waals surface area contributed by atoms with E-state index in [0.717, 1.165) is 9.56 Å². The monoisotopic (exact) mass is 114 g/mol. The second-order valence-electron chi connectivity index (χ2n) is 2.68. The Balaban J connectivity index is 0. The summed E-state index contributed by atoms with van der Waals surface area (Å²) in [5, 5.41) is 0. The molecule has 0 spiro atoms. The summed E-state index contributed by atoms with van der Waals surface area (Å²) in [4.78, 5) is 0. The molecule has 0 aromatic carbocycles. The van der Waals surface area contributed by atoms with Crippen LogP contribution in [0.1, 0.15) is 29.1 Å². The van der Waals surface area contributed by atoms with Crippen molar-refractivity contribution in [2.75, 3.05) is 0 Å². The van der Waals surface area contributed by atoms with Crippen molar-refractivity contribution in [3.8, 4) is 0 Å². The Morgan fingerprint density at radius 1 is 1.00 bits per heavy atom. The Kier molecular flexibility index (Phi) is 3.79. The molecule has 0 rings (SSSR count). The predicted molar refractivity (Wildman–Crippen MR) is 37.1 cm³/mol. The van der Waals surface area contributed by atoms with E-state index in [4.69, 9.17) is 0 Å². The van der Waals surface area contributed by atoms with Crippen LogP contribution in [0, 0.1) is 0 Å². The fraction of sp³-hybridized carbons (Fsp3) is 1.00. The van der Waals surface area contributed by atoms with E-state index in [2.05, 4.69) is 27.7 Å². The molecule has 0 aromatic rings. The molecule has 0 saturated carbocycles. The molecule has 42 valence electrons. The molecule has 0 aliphatic carbocycles.